The van der Waals surface area contributed by atoms with Crippen LogP contribution in [-0.4, -0.2) is 60.9 Å². The fourth-order valence-electron chi connectivity index (χ4n) is 2.69. The second-order valence-corrected chi connectivity index (χ2v) is 6.05. The third-order valence-corrected chi connectivity index (χ3v) is 4.44. The Balaban J connectivity index is 1.87. The molecule has 0 spiro atoms. The molecular formula is C18H24N2O4. The van der Waals surface area contributed by atoms with Gasteiger partial charge < -0.3 is 14.5 Å². The normalized spacial score (nSPS) is 14.5. The summed E-state index contributed by atoms with van der Waals surface area (Å²) in [7, 11) is 1.31. The third kappa shape index (κ3) is 4.34. The Bertz CT molecular complexity index is 634. The molecule has 0 bridgehead atoms. The molecular weight excluding hydrogens is 308 g/mol. The van der Waals surface area contributed by atoms with E-state index in [1.54, 1.807) is 9.80 Å². The van der Waals surface area contributed by atoms with E-state index in [0.29, 0.717) is 31.7 Å². The summed E-state index contributed by atoms with van der Waals surface area (Å²) in [6.45, 7) is 6.02. The Morgan fingerprint density at radius 1 is 0.958 bits per heavy atom. The fraction of sp³-hybridized carbons (Fsp3) is 0.500. The molecule has 0 unspecified atom stereocenters. The number of hydrogen-bond acceptors (Lipinski definition) is 4. The zero-order valence-corrected chi connectivity index (χ0v) is 14.5. The molecule has 2 amide bonds. The molecule has 130 valence electrons. The lowest BCUT2D eigenvalue weighted by atomic mass is 10.1. The van der Waals surface area contributed by atoms with E-state index in [2.05, 4.69) is 4.74 Å². The van der Waals surface area contributed by atoms with Crippen LogP contribution in [0.4, 0.5) is 0 Å². The maximum atomic E-state index is 12.6. The van der Waals surface area contributed by atoms with Crippen LogP contribution in [0.5, 0.6) is 0 Å². The monoisotopic (exact) mass is 332 g/mol. The predicted octanol–water partition coefficient (Wildman–Crippen LogP) is 1.54. The molecule has 1 aliphatic heterocycles. The molecule has 0 radical (unpaired) electrons. The first-order valence-electron chi connectivity index (χ1n) is 8.13. The van der Waals surface area contributed by atoms with E-state index < -0.39 is 0 Å². The highest BCUT2D eigenvalue weighted by Crippen LogP contribution is 2.14. The second kappa shape index (κ2) is 7.95. The van der Waals surface area contributed by atoms with Gasteiger partial charge in [-0.05, 0) is 37.1 Å². The van der Waals surface area contributed by atoms with Gasteiger partial charge in [-0.1, -0.05) is 6.07 Å². The van der Waals surface area contributed by atoms with Crippen molar-refractivity contribution < 1.29 is 19.1 Å². The van der Waals surface area contributed by atoms with Gasteiger partial charge >= 0.3 is 5.97 Å². The summed E-state index contributed by atoms with van der Waals surface area (Å²) in [6, 6.07) is 5.71. The van der Waals surface area contributed by atoms with Crippen molar-refractivity contribution in [1.82, 2.24) is 9.80 Å². The topological polar surface area (TPSA) is 66.9 Å². The van der Waals surface area contributed by atoms with Gasteiger partial charge in [-0.2, -0.15) is 0 Å². The molecule has 6 nitrogen and oxygen atoms in total. The number of carbonyl (C=O) groups is 3. The lowest BCUT2D eigenvalue weighted by Crippen LogP contribution is -2.50. The van der Waals surface area contributed by atoms with E-state index in [1.807, 2.05) is 32.0 Å². The summed E-state index contributed by atoms with van der Waals surface area (Å²) in [5.41, 5.74) is 2.94. The Morgan fingerprint density at radius 3 is 2.17 bits per heavy atom. The predicted molar refractivity (Wildman–Crippen MR) is 89.6 cm³/mol. The Kier molecular flexibility index (Phi) is 5.95. The van der Waals surface area contributed by atoms with Gasteiger partial charge in [0.25, 0.3) is 5.91 Å². The Morgan fingerprint density at radius 2 is 1.58 bits per heavy atom. The van der Waals surface area contributed by atoms with Crippen LogP contribution < -0.4 is 0 Å². The number of esters is 1. The highest BCUT2D eigenvalue weighted by molar-refractivity contribution is 5.94. The van der Waals surface area contributed by atoms with Crippen LogP contribution in [0, 0.1) is 13.8 Å². The van der Waals surface area contributed by atoms with E-state index in [4.69, 9.17) is 0 Å². The quantitative estimate of drug-likeness (QED) is 0.785. The van der Waals surface area contributed by atoms with Gasteiger partial charge in [-0.15, -0.1) is 0 Å². The molecule has 0 N–H and O–H groups in total. The van der Waals surface area contributed by atoms with Gasteiger partial charge in [-0.25, -0.2) is 0 Å². The van der Waals surface area contributed by atoms with Crippen molar-refractivity contribution in [1.29, 1.82) is 0 Å². The minimum Gasteiger partial charge on any atom is -0.469 e. The first-order valence-corrected chi connectivity index (χ1v) is 8.13. The van der Waals surface area contributed by atoms with Gasteiger partial charge in [0.05, 0.1) is 13.5 Å². The van der Waals surface area contributed by atoms with Crippen molar-refractivity contribution in [3.63, 3.8) is 0 Å². The van der Waals surface area contributed by atoms with Crippen molar-refractivity contribution in [3.8, 4) is 0 Å². The first-order chi connectivity index (χ1) is 11.4. The van der Waals surface area contributed by atoms with Gasteiger partial charge in [0.1, 0.15) is 0 Å². The van der Waals surface area contributed by atoms with Gasteiger partial charge in [0.2, 0.25) is 5.91 Å². The molecule has 0 aromatic heterocycles. The van der Waals surface area contributed by atoms with Crippen LogP contribution in [0.25, 0.3) is 0 Å². The summed E-state index contributed by atoms with van der Waals surface area (Å²) in [4.78, 5) is 39.2. The molecule has 1 saturated heterocycles. The number of aryl methyl sites for hydroxylation is 2. The van der Waals surface area contributed by atoms with Crippen LogP contribution in [0.15, 0.2) is 18.2 Å². The number of methoxy groups -OCH3 is 1. The molecule has 2 rings (SSSR count). The average Bonchev–Trinajstić information content (AvgIpc) is 2.61. The van der Waals surface area contributed by atoms with Crippen molar-refractivity contribution >= 4 is 17.8 Å². The molecule has 24 heavy (non-hydrogen) atoms. The number of piperazine rings is 1. The fourth-order valence-corrected chi connectivity index (χ4v) is 2.69. The largest absolute Gasteiger partial charge is 0.469 e. The lowest BCUT2D eigenvalue weighted by molar-refractivity contribution is -0.143. The van der Waals surface area contributed by atoms with E-state index in [9.17, 15) is 14.4 Å². The molecule has 0 saturated carbocycles. The first kappa shape index (κ1) is 18.0. The standard InChI is InChI=1S/C18H24N2O4/c1-13-4-5-15(12-14(13)2)18(23)20-10-8-19(9-11-20)16(21)6-7-17(22)24-3/h4-5,12H,6-11H2,1-3H3. The summed E-state index contributed by atoms with van der Waals surface area (Å²) < 4.78 is 4.54. The molecule has 1 aromatic carbocycles. The Hall–Kier alpha value is -2.37. The van der Waals surface area contributed by atoms with E-state index >= 15 is 0 Å². The molecule has 1 heterocycles. The SMILES string of the molecule is COC(=O)CCC(=O)N1CCN(C(=O)c2ccc(C)c(C)c2)CC1. The molecule has 0 atom stereocenters. The smallest absolute Gasteiger partial charge is 0.306 e. The number of nitrogens with zero attached hydrogens (tertiary/aromatic N) is 2. The van der Waals surface area contributed by atoms with Crippen molar-refractivity contribution in [2.24, 2.45) is 0 Å². The maximum Gasteiger partial charge on any atom is 0.306 e. The average molecular weight is 332 g/mol. The lowest BCUT2D eigenvalue weighted by Gasteiger charge is -2.35. The number of carbonyl (C=O) groups excluding carboxylic acids is 3. The molecule has 6 heteroatoms. The summed E-state index contributed by atoms with van der Waals surface area (Å²) >= 11 is 0. The van der Waals surface area contributed by atoms with Gasteiger partial charge in [0.15, 0.2) is 0 Å². The van der Waals surface area contributed by atoms with Crippen LogP contribution in [0.2, 0.25) is 0 Å². The second-order valence-electron chi connectivity index (χ2n) is 6.05. The number of rotatable bonds is 4. The van der Waals surface area contributed by atoms with Gasteiger partial charge in [0, 0.05) is 38.2 Å². The molecule has 1 fully saturated rings. The van der Waals surface area contributed by atoms with E-state index in [1.165, 1.54) is 7.11 Å². The zero-order valence-electron chi connectivity index (χ0n) is 14.5. The number of benzene rings is 1. The van der Waals surface area contributed by atoms with Crippen molar-refractivity contribution in [2.75, 3.05) is 33.3 Å². The third-order valence-electron chi connectivity index (χ3n) is 4.44. The summed E-state index contributed by atoms with van der Waals surface area (Å²) in [5.74, 6) is -0.453. The maximum absolute atomic E-state index is 12.6. The number of ether oxygens (including phenoxy) is 1. The van der Waals surface area contributed by atoms with Crippen LogP contribution in [0.3, 0.4) is 0 Å². The number of amides is 2. The highest BCUT2D eigenvalue weighted by atomic mass is 16.5. The van der Waals surface area contributed by atoms with Crippen molar-refractivity contribution in [3.05, 3.63) is 34.9 Å². The van der Waals surface area contributed by atoms with Crippen LogP contribution in [0.1, 0.15) is 34.3 Å². The summed E-state index contributed by atoms with van der Waals surface area (Å²) in [6.07, 6.45) is 0.245. The Labute approximate surface area is 142 Å². The van der Waals surface area contributed by atoms with Crippen LogP contribution in [-0.2, 0) is 14.3 Å². The zero-order chi connectivity index (χ0) is 17.7. The summed E-state index contributed by atoms with van der Waals surface area (Å²) in [5, 5.41) is 0. The minimum atomic E-state index is -0.382. The molecule has 1 aromatic rings. The number of hydrogen-bond donors (Lipinski definition) is 0. The minimum absolute atomic E-state index is 0.000222. The van der Waals surface area contributed by atoms with E-state index in [0.717, 1.165) is 11.1 Å². The molecule has 0 aliphatic carbocycles. The van der Waals surface area contributed by atoms with Crippen LogP contribution >= 0.6 is 0 Å². The van der Waals surface area contributed by atoms with Gasteiger partial charge in [-0.3, -0.25) is 14.4 Å². The molecule has 1 aliphatic rings. The van der Waals surface area contributed by atoms with E-state index in [-0.39, 0.29) is 30.6 Å². The highest BCUT2D eigenvalue weighted by Gasteiger charge is 2.25. The van der Waals surface area contributed by atoms with Crippen molar-refractivity contribution in [2.45, 2.75) is 26.7 Å².